The first-order valence-corrected chi connectivity index (χ1v) is 5.07. The Kier molecular flexibility index (Phi) is 4.33. The van der Waals surface area contributed by atoms with Gasteiger partial charge in [-0.15, -0.1) is 12.4 Å². The van der Waals surface area contributed by atoms with Gasteiger partial charge in [0.25, 0.3) is 0 Å². The molecule has 0 unspecified atom stereocenters. The van der Waals surface area contributed by atoms with Crippen molar-refractivity contribution in [3.63, 3.8) is 0 Å². The van der Waals surface area contributed by atoms with Gasteiger partial charge >= 0.3 is 0 Å². The van der Waals surface area contributed by atoms with Crippen molar-refractivity contribution in [1.29, 1.82) is 0 Å². The lowest BCUT2D eigenvalue weighted by Crippen LogP contribution is -2.14. The van der Waals surface area contributed by atoms with E-state index in [-0.39, 0.29) is 18.2 Å². The molecule has 2 aromatic rings. The van der Waals surface area contributed by atoms with Gasteiger partial charge in [-0.1, -0.05) is 0 Å². The smallest absolute Gasteiger partial charge is 0.123 e. The highest BCUT2D eigenvalue weighted by Gasteiger charge is 2.04. The van der Waals surface area contributed by atoms with Gasteiger partial charge in [-0.25, -0.2) is 4.39 Å². The number of fused-ring (bicyclic) bond motifs is 1. The molecule has 0 spiro atoms. The third kappa shape index (κ3) is 2.74. The average molecular weight is 243 g/mol. The number of H-pyrrole nitrogens is 1. The zero-order valence-electron chi connectivity index (χ0n) is 9.46. The third-order valence-electron chi connectivity index (χ3n) is 2.56. The largest absolute Gasteiger partial charge is 0.361 e. The Bertz CT molecular complexity index is 465. The van der Waals surface area contributed by atoms with E-state index in [1.807, 2.05) is 20.3 Å². The maximum absolute atomic E-state index is 13.1. The molecule has 0 fully saturated rings. The summed E-state index contributed by atoms with van der Waals surface area (Å²) in [5.41, 5.74) is 2.18. The number of halogens is 2. The molecule has 1 N–H and O–H groups in total. The van der Waals surface area contributed by atoms with Gasteiger partial charge in [0.1, 0.15) is 5.82 Å². The molecule has 0 aliphatic rings. The Morgan fingerprint density at radius 1 is 1.31 bits per heavy atom. The molecule has 1 aromatic heterocycles. The first-order chi connectivity index (χ1) is 7.16. The maximum Gasteiger partial charge on any atom is 0.123 e. The number of benzene rings is 1. The molecule has 1 aromatic carbocycles. The normalized spacial score (nSPS) is 10.8. The molecule has 16 heavy (non-hydrogen) atoms. The van der Waals surface area contributed by atoms with Gasteiger partial charge in [0.05, 0.1) is 0 Å². The van der Waals surface area contributed by atoms with Crippen LogP contribution < -0.4 is 0 Å². The van der Waals surface area contributed by atoms with Gasteiger partial charge in [0.2, 0.25) is 0 Å². The Morgan fingerprint density at radius 3 is 2.75 bits per heavy atom. The fourth-order valence-corrected chi connectivity index (χ4v) is 1.70. The molecule has 0 atom stereocenters. The van der Waals surface area contributed by atoms with Gasteiger partial charge in [0.15, 0.2) is 0 Å². The average Bonchev–Trinajstić information content (AvgIpc) is 2.57. The van der Waals surface area contributed by atoms with E-state index in [1.54, 1.807) is 12.1 Å². The predicted octanol–water partition coefficient (Wildman–Crippen LogP) is 2.83. The van der Waals surface area contributed by atoms with Crippen molar-refractivity contribution in [2.75, 3.05) is 20.6 Å². The van der Waals surface area contributed by atoms with Crippen LogP contribution in [0.2, 0.25) is 0 Å². The molecule has 0 saturated carbocycles. The third-order valence-corrected chi connectivity index (χ3v) is 2.56. The minimum absolute atomic E-state index is 0. The first-order valence-electron chi connectivity index (χ1n) is 5.07. The highest BCUT2D eigenvalue weighted by atomic mass is 35.5. The highest BCUT2D eigenvalue weighted by Crippen LogP contribution is 2.19. The lowest BCUT2D eigenvalue weighted by molar-refractivity contribution is 0.414. The van der Waals surface area contributed by atoms with E-state index < -0.39 is 0 Å². The molecular weight excluding hydrogens is 227 g/mol. The number of hydrogen-bond acceptors (Lipinski definition) is 1. The molecule has 2 rings (SSSR count). The van der Waals surface area contributed by atoms with Crippen molar-refractivity contribution in [3.8, 4) is 0 Å². The Morgan fingerprint density at radius 2 is 2.06 bits per heavy atom. The summed E-state index contributed by atoms with van der Waals surface area (Å²) >= 11 is 0. The molecular formula is C12H16ClFN2. The van der Waals surface area contributed by atoms with Crippen LogP contribution in [-0.2, 0) is 6.42 Å². The predicted molar refractivity (Wildman–Crippen MR) is 67.8 cm³/mol. The van der Waals surface area contributed by atoms with Gasteiger partial charge in [0, 0.05) is 23.6 Å². The first kappa shape index (κ1) is 13.0. The number of nitrogens with zero attached hydrogens (tertiary/aromatic N) is 1. The Balaban J connectivity index is 0.00000128. The van der Waals surface area contributed by atoms with Crippen molar-refractivity contribution in [2.24, 2.45) is 0 Å². The molecule has 0 aliphatic carbocycles. The Hall–Kier alpha value is -1.06. The van der Waals surface area contributed by atoms with E-state index in [2.05, 4.69) is 9.88 Å². The molecule has 0 bridgehead atoms. The second-order valence-electron chi connectivity index (χ2n) is 4.06. The van der Waals surface area contributed by atoms with E-state index in [1.165, 1.54) is 11.6 Å². The number of likely N-dealkylation sites (N-methyl/N-ethyl adjacent to an activating group) is 1. The zero-order valence-corrected chi connectivity index (χ0v) is 10.3. The lowest BCUT2D eigenvalue weighted by Gasteiger charge is -2.07. The van der Waals surface area contributed by atoms with Crippen molar-refractivity contribution in [2.45, 2.75) is 6.42 Å². The molecule has 0 radical (unpaired) electrons. The van der Waals surface area contributed by atoms with Crippen LogP contribution in [-0.4, -0.2) is 30.5 Å². The summed E-state index contributed by atoms with van der Waals surface area (Å²) in [5, 5.41) is 0.997. The number of aromatic nitrogens is 1. The van der Waals surface area contributed by atoms with Crippen LogP contribution in [0.1, 0.15) is 5.56 Å². The van der Waals surface area contributed by atoms with Crippen LogP contribution in [0.4, 0.5) is 4.39 Å². The summed E-state index contributed by atoms with van der Waals surface area (Å²) in [7, 11) is 4.07. The minimum atomic E-state index is -0.173. The monoisotopic (exact) mass is 242 g/mol. The fourth-order valence-electron chi connectivity index (χ4n) is 1.70. The highest BCUT2D eigenvalue weighted by molar-refractivity contribution is 5.85. The fraction of sp³-hybridized carbons (Fsp3) is 0.333. The number of rotatable bonds is 3. The SMILES string of the molecule is CN(C)CCc1c[nH]c2ccc(F)cc12.Cl. The Labute approximate surface area is 101 Å². The number of aromatic amines is 1. The molecule has 0 amide bonds. The topological polar surface area (TPSA) is 19.0 Å². The second-order valence-corrected chi connectivity index (χ2v) is 4.06. The van der Waals surface area contributed by atoms with Crippen LogP contribution in [0.25, 0.3) is 10.9 Å². The summed E-state index contributed by atoms with van der Waals surface area (Å²) in [5.74, 6) is -0.173. The summed E-state index contributed by atoms with van der Waals surface area (Å²) in [6, 6.07) is 4.86. The molecule has 2 nitrogen and oxygen atoms in total. The van der Waals surface area contributed by atoms with E-state index in [4.69, 9.17) is 0 Å². The van der Waals surface area contributed by atoms with E-state index in [0.717, 1.165) is 23.9 Å². The van der Waals surface area contributed by atoms with Crippen LogP contribution in [0.3, 0.4) is 0 Å². The van der Waals surface area contributed by atoms with E-state index in [0.29, 0.717) is 0 Å². The molecule has 88 valence electrons. The summed E-state index contributed by atoms with van der Waals surface area (Å²) in [4.78, 5) is 5.28. The van der Waals surface area contributed by atoms with Crippen molar-refractivity contribution < 1.29 is 4.39 Å². The number of nitrogens with one attached hydrogen (secondary N) is 1. The maximum atomic E-state index is 13.1. The molecule has 4 heteroatoms. The minimum Gasteiger partial charge on any atom is -0.361 e. The van der Waals surface area contributed by atoms with Gasteiger partial charge < -0.3 is 9.88 Å². The van der Waals surface area contributed by atoms with Gasteiger partial charge in [-0.05, 0) is 44.3 Å². The standard InChI is InChI=1S/C12H15FN2.ClH/c1-15(2)6-5-9-8-14-12-4-3-10(13)7-11(9)12;/h3-4,7-8,14H,5-6H2,1-2H3;1H. The van der Waals surface area contributed by atoms with E-state index in [9.17, 15) is 4.39 Å². The van der Waals surface area contributed by atoms with Crippen molar-refractivity contribution in [1.82, 2.24) is 9.88 Å². The van der Waals surface area contributed by atoms with Crippen molar-refractivity contribution in [3.05, 3.63) is 35.8 Å². The van der Waals surface area contributed by atoms with Gasteiger partial charge in [-0.3, -0.25) is 0 Å². The van der Waals surface area contributed by atoms with Crippen LogP contribution in [0.5, 0.6) is 0 Å². The van der Waals surface area contributed by atoms with Crippen molar-refractivity contribution >= 4 is 23.3 Å². The zero-order chi connectivity index (χ0) is 10.8. The molecule has 0 saturated heterocycles. The van der Waals surface area contributed by atoms with Crippen LogP contribution >= 0.6 is 12.4 Å². The van der Waals surface area contributed by atoms with Crippen LogP contribution in [0.15, 0.2) is 24.4 Å². The summed E-state index contributed by atoms with van der Waals surface area (Å²) < 4.78 is 13.1. The number of hydrogen-bond donors (Lipinski definition) is 1. The lowest BCUT2D eigenvalue weighted by atomic mass is 10.1. The van der Waals surface area contributed by atoms with Gasteiger partial charge in [-0.2, -0.15) is 0 Å². The van der Waals surface area contributed by atoms with E-state index >= 15 is 0 Å². The second kappa shape index (κ2) is 5.32. The molecule has 1 heterocycles. The summed E-state index contributed by atoms with van der Waals surface area (Å²) in [6.07, 6.45) is 2.91. The quantitative estimate of drug-likeness (QED) is 0.877. The summed E-state index contributed by atoms with van der Waals surface area (Å²) in [6.45, 7) is 0.976. The van der Waals surface area contributed by atoms with Crippen LogP contribution in [0, 0.1) is 5.82 Å². The molecule has 0 aliphatic heterocycles.